The Morgan fingerprint density at radius 3 is 2.52 bits per heavy atom. The zero-order valence-electron chi connectivity index (χ0n) is 17.9. The number of aromatic nitrogens is 3. The Kier molecular flexibility index (Phi) is 5.51. The summed E-state index contributed by atoms with van der Waals surface area (Å²) in [4.78, 5) is 25.8. The first-order chi connectivity index (χ1) is 16.1. The van der Waals surface area contributed by atoms with Gasteiger partial charge in [-0.3, -0.25) is 9.78 Å². The molecule has 0 aliphatic rings. The number of carbonyl (C=O) groups is 1. The van der Waals surface area contributed by atoms with Crippen LogP contribution in [0.1, 0.15) is 21.9 Å². The number of para-hydroxylation sites is 1. The van der Waals surface area contributed by atoms with Crippen LogP contribution in [0.3, 0.4) is 0 Å². The molecule has 0 atom stereocenters. The number of aryl methyl sites for hydroxylation is 1. The predicted octanol–water partition coefficient (Wildman–Crippen LogP) is 5.27. The van der Waals surface area contributed by atoms with Crippen LogP contribution < -0.4 is 10.6 Å². The van der Waals surface area contributed by atoms with Gasteiger partial charge in [0.05, 0.1) is 12.1 Å². The van der Waals surface area contributed by atoms with Crippen LogP contribution in [0.4, 0.5) is 11.6 Å². The molecule has 7 nitrogen and oxygen atoms in total. The van der Waals surface area contributed by atoms with Crippen LogP contribution in [-0.2, 0) is 6.54 Å². The summed E-state index contributed by atoms with van der Waals surface area (Å²) in [6.45, 7) is 2.20. The van der Waals surface area contributed by atoms with Crippen LogP contribution in [0.15, 0.2) is 89.7 Å². The van der Waals surface area contributed by atoms with E-state index in [0.717, 1.165) is 33.5 Å². The van der Waals surface area contributed by atoms with Crippen molar-refractivity contribution in [2.24, 2.45) is 0 Å². The number of nitrogens with one attached hydrogen (secondary N) is 2. The van der Waals surface area contributed by atoms with Crippen LogP contribution in [0, 0.1) is 6.92 Å². The Balaban J connectivity index is 1.26. The van der Waals surface area contributed by atoms with Crippen molar-refractivity contribution in [2.45, 2.75) is 13.5 Å². The van der Waals surface area contributed by atoms with Gasteiger partial charge >= 0.3 is 0 Å². The minimum Gasteiger partial charge on any atom is -0.465 e. The van der Waals surface area contributed by atoms with E-state index in [1.54, 1.807) is 24.5 Å². The predicted molar refractivity (Wildman–Crippen MR) is 127 cm³/mol. The van der Waals surface area contributed by atoms with Crippen LogP contribution in [0.25, 0.3) is 22.0 Å². The highest BCUT2D eigenvalue weighted by Gasteiger charge is 2.09. The summed E-state index contributed by atoms with van der Waals surface area (Å²) in [5.74, 6) is 1.78. The smallest absolute Gasteiger partial charge is 0.251 e. The molecule has 0 saturated carbocycles. The van der Waals surface area contributed by atoms with Gasteiger partial charge in [-0.1, -0.05) is 24.3 Å². The minimum atomic E-state index is -0.187. The Bertz CT molecular complexity index is 1430. The summed E-state index contributed by atoms with van der Waals surface area (Å²) in [7, 11) is 0. The van der Waals surface area contributed by atoms with E-state index in [1.807, 2.05) is 61.7 Å². The molecule has 162 valence electrons. The molecule has 2 N–H and O–H groups in total. The number of carbonyl (C=O) groups excluding carboxylic acids is 1. The van der Waals surface area contributed by atoms with Gasteiger partial charge in [-0.25, -0.2) is 9.97 Å². The van der Waals surface area contributed by atoms with Crippen molar-refractivity contribution in [1.29, 1.82) is 0 Å². The molecule has 5 aromatic rings. The van der Waals surface area contributed by atoms with E-state index in [2.05, 4.69) is 31.7 Å². The number of fused-ring (bicyclic) bond motifs is 1. The van der Waals surface area contributed by atoms with E-state index < -0.39 is 0 Å². The lowest BCUT2D eigenvalue weighted by Gasteiger charge is -2.08. The number of benzene rings is 2. The highest BCUT2D eigenvalue weighted by molar-refractivity contribution is 5.95. The Morgan fingerprint density at radius 1 is 0.879 bits per heavy atom. The Hall–Kier alpha value is -4.52. The zero-order chi connectivity index (χ0) is 22.6. The van der Waals surface area contributed by atoms with Crippen molar-refractivity contribution < 1.29 is 9.21 Å². The second-order valence-electron chi connectivity index (χ2n) is 7.61. The van der Waals surface area contributed by atoms with Crippen LogP contribution in [0.5, 0.6) is 0 Å². The van der Waals surface area contributed by atoms with Crippen LogP contribution in [-0.4, -0.2) is 20.9 Å². The van der Waals surface area contributed by atoms with Crippen LogP contribution >= 0.6 is 0 Å². The largest absolute Gasteiger partial charge is 0.465 e. The number of amides is 1. The maximum absolute atomic E-state index is 12.5. The van der Waals surface area contributed by atoms with Crippen molar-refractivity contribution in [3.63, 3.8) is 0 Å². The fourth-order valence-corrected chi connectivity index (χ4v) is 3.49. The summed E-state index contributed by atoms with van der Waals surface area (Å²) in [6.07, 6.45) is 5.33. The molecular formula is C26H21N5O2. The SMILES string of the molecule is Cc1ccc(CNC(=O)c2cccc(Nc3ncc(-c4cnc5ccccc5c4)cn3)c2)o1. The zero-order valence-corrected chi connectivity index (χ0v) is 17.9. The number of pyridine rings is 1. The minimum absolute atomic E-state index is 0.187. The molecule has 0 bridgehead atoms. The molecule has 3 heterocycles. The molecule has 0 spiro atoms. The van der Waals surface area contributed by atoms with E-state index in [0.29, 0.717) is 23.8 Å². The van der Waals surface area contributed by atoms with E-state index in [4.69, 9.17) is 4.42 Å². The van der Waals surface area contributed by atoms with Crippen molar-refractivity contribution in [3.8, 4) is 11.1 Å². The average molecular weight is 435 g/mol. The molecule has 0 aliphatic heterocycles. The third-order valence-corrected chi connectivity index (χ3v) is 5.18. The van der Waals surface area contributed by atoms with E-state index in [9.17, 15) is 4.79 Å². The molecule has 0 fully saturated rings. The van der Waals surface area contributed by atoms with Gasteiger partial charge in [0.1, 0.15) is 11.5 Å². The van der Waals surface area contributed by atoms with Gasteiger partial charge in [-0.05, 0) is 49.4 Å². The first-order valence-corrected chi connectivity index (χ1v) is 10.5. The molecule has 0 radical (unpaired) electrons. The molecule has 3 aromatic heterocycles. The second-order valence-corrected chi connectivity index (χ2v) is 7.61. The maximum atomic E-state index is 12.5. The molecular weight excluding hydrogens is 414 g/mol. The Labute approximate surface area is 190 Å². The number of anilines is 2. The van der Waals surface area contributed by atoms with E-state index in [1.165, 1.54) is 0 Å². The number of furan rings is 1. The molecule has 0 aliphatic carbocycles. The molecule has 33 heavy (non-hydrogen) atoms. The summed E-state index contributed by atoms with van der Waals surface area (Å²) in [5.41, 5.74) is 4.02. The summed E-state index contributed by atoms with van der Waals surface area (Å²) in [5, 5.41) is 7.07. The van der Waals surface area contributed by atoms with Gasteiger partial charge in [0.25, 0.3) is 5.91 Å². The lowest BCUT2D eigenvalue weighted by atomic mass is 10.1. The number of hydrogen-bond acceptors (Lipinski definition) is 6. The molecule has 0 unspecified atom stereocenters. The van der Waals surface area contributed by atoms with E-state index in [-0.39, 0.29) is 5.91 Å². The van der Waals surface area contributed by atoms with Gasteiger partial charge in [0, 0.05) is 46.4 Å². The molecule has 0 saturated heterocycles. The Morgan fingerprint density at radius 2 is 1.70 bits per heavy atom. The fourth-order valence-electron chi connectivity index (χ4n) is 3.49. The third-order valence-electron chi connectivity index (χ3n) is 5.18. The van der Waals surface area contributed by atoms with E-state index >= 15 is 0 Å². The maximum Gasteiger partial charge on any atom is 0.251 e. The summed E-state index contributed by atoms with van der Waals surface area (Å²) >= 11 is 0. The standard InChI is InChI=1S/C26H21N5O2/c1-17-9-10-23(33-17)16-28-25(32)19-6-4-7-22(12-19)31-26-29-14-21(15-30-26)20-11-18-5-2-3-8-24(18)27-13-20/h2-15H,16H2,1H3,(H,28,32)(H,29,30,31). The summed E-state index contributed by atoms with van der Waals surface area (Å²) < 4.78 is 5.49. The van der Waals surface area contributed by atoms with Crippen molar-refractivity contribution in [3.05, 3.63) is 102 Å². The van der Waals surface area contributed by atoms with Crippen molar-refractivity contribution >= 4 is 28.4 Å². The van der Waals surface area contributed by atoms with Crippen LogP contribution in [0.2, 0.25) is 0 Å². The first-order valence-electron chi connectivity index (χ1n) is 10.5. The third kappa shape index (κ3) is 4.72. The second kappa shape index (κ2) is 8.92. The molecule has 7 heteroatoms. The fraction of sp³-hybridized carbons (Fsp3) is 0.0769. The monoisotopic (exact) mass is 435 g/mol. The van der Waals surface area contributed by atoms with Gasteiger partial charge in [-0.15, -0.1) is 0 Å². The summed E-state index contributed by atoms with van der Waals surface area (Å²) in [6, 6.07) is 20.9. The van der Waals surface area contributed by atoms with Crippen molar-refractivity contribution in [1.82, 2.24) is 20.3 Å². The lowest BCUT2D eigenvalue weighted by Crippen LogP contribution is -2.22. The number of nitrogens with zero attached hydrogens (tertiary/aromatic N) is 3. The van der Waals surface area contributed by atoms with Crippen molar-refractivity contribution in [2.75, 3.05) is 5.32 Å². The normalized spacial score (nSPS) is 10.8. The van der Waals surface area contributed by atoms with Gasteiger partial charge in [0.15, 0.2) is 0 Å². The lowest BCUT2D eigenvalue weighted by molar-refractivity contribution is 0.0948. The van der Waals surface area contributed by atoms with Gasteiger partial charge < -0.3 is 15.1 Å². The molecule has 2 aromatic carbocycles. The average Bonchev–Trinajstić information content (AvgIpc) is 3.28. The highest BCUT2D eigenvalue weighted by atomic mass is 16.3. The molecule has 5 rings (SSSR count). The number of hydrogen-bond donors (Lipinski definition) is 2. The van der Waals surface area contributed by atoms with Gasteiger partial charge in [0.2, 0.25) is 5.95 Å². The highest BCUT2D eigenvalue weighted by Crippen LogP contribution is 2.23. The quantitative estimate of drug-likeness (QED) is 0.378. The van der Waals surface area contributed by atoms with Gasteiger partial charge in [-0.2, -0.15) is 0 Å². The first kappa shape index (κ1) is 20.4. The molecule has 1 amide bonds. The number of rotatable bonds is 6. The topological polar surface area (TPSA) is 92.9 Å².